The van der Waals surface area contributed by atoms with E-state index < -0.39 is 11.9 Å². The molecular formula is C23H29NO5. The summed E-state index contributed by atoms with van der Waals surface area (Å²) in [7, 11) is 0. The van der Waals surface area contributed by atoms with Gasteiger partial charge in [-0.25, -0.2) is 0 Å². The first kappa shape index (κ1) is 19.9. The van der Waals surface area contributed by atoms with E-state index in [4.69, 9.17) is 9.47 Å². The van der Waals surface area contributed by atoms with Crippen LogP contribution in [0.1, 0.15) is 64.4 Å². The molecule has 0 saturated heterocycles. The fourth-order valence-corrected chi connectivity index (χ4v) is 6.12. The van der Waals surface area contributed by atoms with Gasteiger partial charge in [-0.15, -0.1) is 0 Å². The molecule has 29 heavy (non-hydrogen) atoms. The molecule has 0 spiro atoms. The first-order chi connectivity index (χ1) is 13.8. The van der Waals surface area contributed by atoms with Crippen molar-refractivity contribution in [3.63, 3.8) is 0 Å². The van der Waals surface area contributed by atoms with Crippen LogP contribution in [0.15, 0.2) is 18.2 Å². The van der Waals surface area contributed by atoms with Crippen molar-refractivity contribution in [1.82, 2.24) is 5.32 Å². The molecular weight excluding hydrogens is 370 g/mol. The van der Waals surface area contributed by atoms with Gasteiger partial charge in [0, 0.05) is 25.8 Å². The minimum Gasteiger partial charge on any atom is -0.423 e. The molecule has 4 fully saturated rings. The molecule has 0 aliphatic heterocycles. The topological polar surface area (TPSA) is 81.7 Å². The number of rotatable bonds is 6. The molecule has 0 heterocycles. The van der Waals surface area contributed by atoms with Gasteiger partial charge in [-0.1, -0.05) is 12.1 Å². The van der Waals surface area contributed by atoms with Gasteiger partial charge in [-0.05, 0) is 74.3 Å². The average Bonchev–Trinajstić information content (AvgIpc) is 2.59. The Bertz CT molecular complexity index is 795. The fourth-order valence-electron chi connectivity index (χ4n) is 6.12. The number of ether oxygens (including phenoxy) is 2. The third kappa shape index (κ3) is 4.46. The van der Waals surface area contributed by atoms with E-state index in [1.165, 1.54) is 33.1 Å². The monoisotopic (exact) mass is 399 g/mol. The zero-order valence-corrected chi connectivity index (χ0v) is 17.2. The van der Waals surface area contributed by atoms with Gasteiger partial charge >= 0.3 is 11.9 Å². The van der Waals surface area contributed by atoms with Gasteiger partial charge < -0.3 is 14.8 Å². The number of hydrogen-bond acceptors (Lipinski definition) is 5. The van der Waals surface area contributed by atoms with Gasteiger partial charge in [0.25, 0.3) is 0 Å². The van der Waals surface area contributed by atoms with Crippen molar-refractivity contribution in [1.29, 1.82) is 0 Å². The Hall–Kier alpha value is -2.37. The summed E-state index contributed by atoms with van der Waals surface area (Å²) in [6, 6.07) is 5.11. The van der Waals surface area contributed by atoms with E-state index in [1.54, 1.807) is 18.2 Å². The lowest BCUT2D eigenvalue weighted by molar-refractivity contribution is -0.134. The number of hydrogen-bond donors (Lipinski definition) is 1. The second-order valence-electron chi connectivity index (χ2n) is 9.18. The molecule has 0 unspecified atom stereocenters. The van der Waals surface area contributed by atoms with E-state index in [9.17, 15) is 14.4 Å². The van der Waals surface area contributed by atoms with Gasteiger partial charge in [-0.3, -0.25) is 14.4 Å². The predicted octanol–water partition coefficient (Wildman–Crippen LogP) is 3.55. The molecule has 4 aliphatic rings. The maximum Gasteiger partial charge on any atom is 0.308 e. The summed E-state index contributed by atoms with van der Waals surface area (Å²) >= 11 is 0. The first-order valence-corrected chi connectivity index (χ1v) is 10.6. The Balaban J connectivity index is 1.42. The quantitative estimate of drug-likeness (QED) is 0.584. The molecule has 156 valence electrons. The molecule has 0 aromatic heterocycles. The number of carbonyl (C=O) groups excluding carboxylic acids is 3. The number of esters is 2. The number of benzene rings is 1. The van der Waals surface area contributed by atoms with Crippen LogP contribution < -0.4 is 14.8 Å². The lowest BCUT2D eigenvalue weighted by atomic mass is 9.53. The molecule has 1 aromatic rings. The lowest BCUT2D eigenvalue weighted by Crippen LogP contribution is -2.59. The van der Waals surface area contributed by atoms with E-state index in [-0.39, 0.29) is 22.9 Å². The molecule has 6 nitrogen and oxygen atoms in total. The summed E-state index contributed by atoms with van der Waals surface area (Å²) in [5.41, 5.74) is 0.670. The highest BCUT2D eigenvalue weighted by atomic mass is 16.6. The number of aryl methyl sites for hydroxylation is 1. The van der Waals surface area contributed by atoms with E-state index in [1.807, 2.05) is 0 Å². The second kappa shape index (κ2) is 7.81. The Labute approximate surface area is 171 Å². The zero-order valence-electron chi connectivity index (χ0n) is 17.2. The lowest BCUT2D eigenvalue weighted by Gasteiger charge is -2.56. The molecule has 0 radical (unpaired) electrons. The third-order valence-corrected chi connectivity index (χ3v) is 6.62. The standard InChI is InChI=1S/C23H29NO5/c1-14(25)28-20-5-3-4-19(22(20)29-15(2)26)6-7-21(27)24-23-11-16-8-17(12-23)10-18(9-16)13-23/h3-5,16-18H,6-13H2,1-2H3,(H,24,27). The second-order valence-corrected chi connectivity index (χ2v) is 9.18. The van der Waals surface area contributed by atoms with Crippen molar-refractivity contribution >= 4 is 17.8 Å². The number of carbonyl (C=O) groups is 3. The fraction of sp³-hybridized carbons (Fsp3) is 0.609. The van der Waals surface area contributed by atoms with Gasteiger partial charge in [-0.2, -0.15) is 0 Å². The van der Waals surface area contributed by atoms with Crippen LogP contribution in [-0.2, 0) is 20.8 Å². The van der Waals surface area contributed by atoms with Gasteiger partial charge in [0.15, 0.2) is 11.5 Å². The average molecular weight is 399 g/mol. The summed E-state index contributed by atoms with van der Waals surface area (Å²) in [6.45, 7) is 2.59. The van der Waals surface area contributed by atoms with Gasteiger partial charge in [0.2, 0.25) is 5.91 Å². The molecule has 4 saturated carbocycles. The van der Waals surface area contributed by atoms with Crippen LogP contribution in [0, 0.1) is 17.8 Å². The van der Waals surface area contributed by atoms with Crippen molar-refractivity contribution in [2.45, 2.75) is 70.8 Å². The van der Waals surface area contributed by atoms with Gasteiger partial charge in [0.05, 0.1) is 0 Å². The van der Waals surface area contributed by atoms with Crippen LogP contribution in [0.4, 0.5) is 0 Å². The Kier molecular flexibility index (Phi) is 5.36. The van der Waals surface area contributed by atoms with E-state index in [0.717, 1.165) is 37.0 Å². The van der Waals surface area contributed by atoms with Crippen LogP contribution in [0.2, 0.25) is 0 Å². The smallest absolute Gasteiger partial charge is 0.308 e. The minimum absolute atomic E-state index is 0.00978. The Morgan fingerprint density at radius 3 is 2.10 bits per heavy atom. The molecule has 4 bridgehead atoms. The molecule has 1 amide bonds. The van der Waals surface area contributed by atoms with Gasteiger partial charge in [0.1, 0.15) is 0 Å². The van der Waals surface area contributed by atoms with Crippen molar-refractivity contribution in [2.75, 3.05) is 0 Å². The van der Waals surface area contributed by atoms with Crippen LogP contribution in [0.5, 0.6) is 11.5 Å². The maximum absolute atomic E-state index is 12.8. The van der Waals surface area contributed by atoms with Crippen molar-refractivity contribution in [2.24, 2.45) is 17.8 Å². The SMILES string of the molecule is CC(=O)Oc1cccc(CCC(=O)NC23CC4CC(CC(C4)C2)C3)c1OC(C)=O. The van der Waals surface area contributed by atoms with E-state index >= 15 is 0 Å². The Morgan fingerprint density at radius 2 is 1.55 bits per heavy atom. The highest BCUT2D eigenvalue weighted by Crippen LogP contribution is 2.55. The maximum atomic E-state index is 12.8. The highest BCUT2D eigenvalue weighted by Gasteiger charge is 2.51. The summed E-state index contributed by atoms with van der Waals surface area (Å²) in [4.78, 5) is 35.7. The number of nitrogens with one attached hydrogen (secondary N) is 1. The van der Waals surface area contributed by atoms with E-state index in [2.05, 4.69) is 5.32 Å². The van der Waals surface area contributed by atoms with Crippen molar-refractivity contribution in [3.05, 3.63) is 23.8 Å². The molecule has 6 heteroatoms. The molecule has 4 aliphatic carbocycles. The van der Waals surface area contributed by atoms with Crippen LogP contribution in [0.3, 0.4) is 0 Å². The molecule has 1 N–H and O–H groups in total. The van der Waals surface area contributed by atoms with Crippen LogP contribution >= 0.6 is 0 Å². The normalized spacial score (nSPS) is 29.4. The molecule has 0 atom stereocenters. The largest absolute Gasteiger partial charge is 0.423 e. The van der Waals surface area contributed by atoms with E-state index in [0.29, 0.717) is 18.4 Å². The predicted molar refractivity (Wildman–Crippen MR) is 106 cm³/mol. The molecule has 5 rings (SSSR count). The summed E-state index contributed by atoms with van der Waals surface area (Å²) < 4.78 is 10.5. The number of amides is 1. The summed E-state index contributed by atoms with van der Waals surface area (Å²) in [5.74, 6) is 1.80. The van der Waals surface area contributed by atoms with Crippen LogP contribution in [-0.4, -0.2) is 23.4 Å². The summed E-state index contributed by atoms with van der Waals surface area (Å²) in [5, 5.41) is 3.37. The summed E-state index contributed by atoms with van der Waals surface area (Å²) in [6.07, 6.45) is 8.08. The number of para-hydroxylation sites is 1. The van der Waals surface area contributed by atoms with Crippen molar-refractivity contribution < 1.29 is 23.9 Å². The Morgan fingerprint density at radius 1 is 0.966 bits per heavy atom. The molecule has 1 aromatic carbocycles. The third-order valence-electron chi connectivity index (χ3n) is 6.62. The first-order valence-electron chi connectivity index (χ1n) is 10.6. The van der Waals surface area contributed by atoms with Crippen LogP contribution in [0.25, 0.3) is 0 Å². The zero-order chi connectivity index (χ0) is 20.6. The van der Waals surface area contributed by atoms with Crippen molar-refractivity contribution in [3.8, 4) is 11.5 Å². The highest BCUT2D eigenvalue weighted by molar-refractivity contribution is 5.78. The minimum atomic E-state index is -0.496.